The minimum Gasteiger partial charge on any atom is -0.585 e. The number of carbonyl (C=O) groups excluding carboxylic acids is 1. The first kappa shape index (κ1) is 18.5. The molecule has 0 aliphatic heterocycles. The molecule has 1 atom stereocenters. The molecule has 21 heavy (non-hydrogen) atoms. The van der Waals surface area contributed by atoms with Crippen molar-refractivity contribution in [3.63, 3.8) is 0 Å². The zero-order valence-electron chi connectivity index (χ0n) is 11.8. The Hall–Kier alpha value is -2.53. The van der Waals surface area contributed by atoms with Crippen LogP contribution in [0.2, 0.25) is 0 Å². The van der Waals surface area contributed by atoms with Gasteiger partial charge in [0, 0.05) is 12.2 Å². The number of nitrogens with zero attached hydrogens (tertiary/aromatic N) is 1. The van der Waals surface area contributed by atoms with Gasteiger partial charge >= 0.3 is 5.91 Å². The number of hydrogen-bond donors (Lipinski definition) is 1. The Kier molecular flexibility index (Phi) is 8.26. The first-order valence-corrected chi connectivity index (χ1v) is 6.07. The minimum absolute atomic E-state index is 0.208. The van der Waals surface area contributed by atoms with E-state index in [9.17, 15) is 10.0 Å². The first-order chi connectivity index (χ1) is 9.93. The van der Waals surface area contributed by atoms with Gasteiger partial charge in [-0.25, -0.2) is 10.0 Å². The molecule has 1 rings (SSSR count). The number of allylic oxidation sites excluding steroid dienone is 3. The number of rotatable bonds is 5. The van der Waals surface area contributed by atoms with Crippen LogP contribution >= 0.6 is 0 Å². The van der Waals surface area contributed by atoms with Gasteiger partial charge < -0.3 is 5.21 Å². The van der Waals surface area contributed by atoms with Gasteiger partial charge in [-0.2, -0.15) is 0 Å². The van der Waals surface area contributed by atoms with Crippen molar-refractivity contribution in [2.75, 3.05) is 0 Å². The van der Waals surface area contributed by atoms with Gasteiger partial charge in [0.1, 0.15) is 0 Å². The van der Waals surface area contributed by atoms with Gasteiger partial charge in [0.15, 0.2) is 5.70 Å². The van der Waals surface area contributed by atoms with E-state index in [-0.39, 0.29) is 5.70 Å². The molecule has 0 radical (unpaired) electrons. The van der Waals surface area contributed by atoms with Gasteiger partial charge in [-0.15, -0.1) is 4.81 Å². The Balaban J connectivity index is 0.000000423. The average Bonchev–Trinajstić information content (AvgIpc) is 2.52. The molecule has 0 heterocycles. The fraction of sp³-hybridized carbons (Fsp3) is 0. The first-order valence-electron chi connectivity index (χ1n) is 6.07. The SMILES string of the molecule is C=CC=C(C=C)[N+]([O-])(O)C(=O)C=C.C=Cc1ccccc1. The molecule has 4 heteroatoms. The summed E-state index contributed by atoms with van der Waals surface area (Å²) in [6.45, 7) is 13.3. The Morgan fingerprint density at radius 2 is 1.67 bits per heavy atom. The fourth-order valence-electron chi connectivity index (χ4n) is 1.25. The molecular formula is C17H19NO3. The number of hydrogen-bond acceptors (Lipinski definition) is 3. The summed E-state index contributed by atoms with van der Waals surface area (Å²) in [5, 5.41) is 20.4. The molecule has 1 N–H and O–H groups in total. The van der Waals surface area contributed by atoms with E-state index in [1.54, 1.807) is 0 Å². The molecule has 0 aliphatic rings. The highest BCUT2D eigenvalue weighted by molar-refractivity contribution is 5.81. The summed E-state index contributed by atoms with van der Waals surface area (Å²) >= 11 is 0. The highest BCUT2D eigenvalue weighted by Crippen LogP contribution is 2.14. The number of amides is 1. The van der Waals surface area contributed by atoms with Crippen molar-refractivity contribution in [2.45, 2.75) is 0 Å². The van der Waals surface area contributed by atoms with Crippen molar-refractivity contribution >= 4 is 12.0 Å². The smallest absolute Gasteiger partial charge is 0.375 e. The molecule has 0 spiro atoms. The van der Waals surface area contributed by atoms with Crippen LogP contribution < -0.4 is 0 Å². The van der Waals surface area contributed by atoms with E-state index in [1.807, 2.05) is 36.4 Å². The van der Waals surface area contributed by atoms with Crippen molar-refractivity contribution in [1.82, 2.24) is 0 Å². The van der Waals surface area contributed by atoms with E-state index >= 15 is 0 Å². The zero-order chi connectivity index (χ0) is 16.3. The second kappa shape index (κ2) is 9.39. The standard InChI is InChI=1S/C9H11NO3.C8H8/c1-4-7-8(5-2)10(12,13)9(11)6-3;1-2-8-6-4-3-5-7-8/h4-7,12H,1-3H2;2-7H,1H2. The van der Waals surface area contributed by atoms with Crippen molar-refractivity contribution in [1.29, 1.82) is 0 Å². The third-order valence-electron chi connectivity index (χ3n) is 2.36. The average molecular weight is 285 g/mol. The van der Waals surface area contributed by atoms with Crippen LogP contribution in [-0.2, 0) is 4.79 Å². The van der Waals surface area contributed by atoms with E-state index < -0.39 is 10.7 Å². The number of quaternary nitrogens is 1. The van der Waals surface area contributed by atoms with Gasteiger partial charge in [-0.05, 0) is 11.6 Å². The Labute approximate surface area is 125 Å². The summed E-state index contributed by atoms with van der Waals surface area (Å²) in [4.78, 5) is 8.74. The lowest BCUT2D eigenvalue weighted by Crippen LogP contribution is -2.41. The molecule has 1 aromatic carbocycles. The summed E-state index contributed by atoms with van der Waals surface area (Å²) < 4.78 is 0. The summed E-state index contributed by atoms with van der Waals surface area (Å²) in [6, 6.07) is 10.0. The molecule has 0 aromatic heterocycles. The second-order valence-electron chi connectivity index (χ2n) is 3.76. The maximum absolute atomic E-state index is 11.2. The summed E-state index contributed by atoms with van der Waals surface area (Å²) in [5.74, 6) is -1.08. The molecule has 0 saturated carbocycles. The van der Waals surface area contributed by atoms with E-state index in [1.165, 1.54) is 17.7 Å². The Morgan fingerprint density at radius 3 is 2.00 bits per heavy atom. The molecule has 0 saturated heterocycles. The third kappa shape index (κ3) is 5.97. The van der Waals surface area contributed by atoms with Gasteiger partial charge in [-0.3, -0.25) is 0 Å². The lowest BCUT2D eigenvalue weighted by Gasteiger charge is -2.29. The van der Waals surface area contributed by atoms with Crippen molar-refractivity contribution in [2.24, 2.45) is 0 Å². The molecule has 0 bridgehead atoms. The van der Waals surface area contributed by atoms with E-state index in [4.69, 9.17) is 5.21 Å². The number of hydroxylamine groups is 4. The molecule has 1 aromatic rings. The van der Waals surface area contributed by atoms with Crippen molar-refractivity contribution in [3.05, 3.63) is 97.4 Å². The normalized spacial score (nSPS) is 13.0. The van der Waals surface area contributed by atoms with Gasteiger partial charge in [0.25, 0.3) is 0 Å². The van der Waals surface area contributed by atoms with Gasteiger partial charge in [0.2, 0.25) is 0 Å². The molecule has 1 unspecified atom stereocenters. The maximum Gasteiger partial charge on any atom is 0.375 e. The lowest BCUT2D eigenvalue weighted by atomic mass is 10.2. The lowest BCUT2D eigenvalue weighted by molar-refractivity contribution is -0.963. The van der Waals surface area contributed by atoms with Crippen molar-refractivity contribution in [3.8, 4) is 0 Å². The molecule has 4 nitrogen and oxygen atoms in total. The van der Waals surface area contributed by atoms with Crippen molar-refractivity contribution < 1.29 is 14.8 Å². The molecular weight excluding hydrogens is 266 g/mol. The van der Waals surface area contributed by atoms with Crippen LogP contribution in [0.5, 0.6) is 0 Å². The van der Waals surface area contributed by atoms with E-state index in [0.717, 1.165) is 12.2 Å². The molecule has 0 aliphatic carbocycles. The van der Waals surface area contributed by atoms with Crippen LogP contribution in [0.3, 0.4) is 0 Å². The third-order valence-corrected chi connectivity index (χ3v) is 2.36. The fourth-order valence-corrected chi connectivity index (χ4v) is 1.25. The number of benzene rings is 1. The predicted molar refractivity (Wildman–Crippen MR) is 85.6 cm³/mol. The summed E-state index contributed by atoms with van der Waals surface area (Å²) in [6.07, 6.45) is 6.12. The van der Waals surface area contributed by atoms with Crippen LogP contribution in [0.1, 0.15) is 5.56 Å². The van der Waals surface area contributed by atoms with Gasteiger partial charge in [0.05, 0.1) is 0 Å². The second-order valence-corrected chi connectivity index (χ2v) is 3.76. The highest BCUT2D eigenvalue weighted by Gasteiger charge is 2.26. The van der Waals surface area contributed by atoms with Crippen LogP contribution in [0.15, 0.2) is 86.6 Å². The molecule has 110 valence electrons. The van der Waals surface area contributed by atoms with Crippen LogP contribution in [-0.4, -0.2) is 15.9 Å². The van der Waals surface area contributed by atoms with Crippen LogP contribution in [0.25, 0.3) is 6.08 Å². The quantitative estimate of drug-likeness (QED) is 0.292. The highest BCUT2D eigenvalue weighted by atomic mass is 16.8. The zero-order valence-corrected chi connectivity index (χ0v) is 11.8. The van der Waals surface area contributed by atoms with Crippen LogP contribution in [0.4, 0.5) is 0 Å². The number of carbonyl (C=O) groups is 1. The van der Waals surface area contributed by atoms with E-state index in [0.29, 0.717) is 0 Å². The maximum atomic E-state index is 11.2. The molecule has 0 fully saturated rings. The van der Waals surface area contributed by atoms with Crippen LogP contribution in [0, 0.1) is 5.21 Å². The minimum atomic E-state index is -2.14. The molecule has 1 amide bonds. The largest absolute Gasteiger partial charge is 0.585 e. The Bertz CT molecular complexity index is 542. The predicted octanol–water partition coefficient (Wildman–Crippen LogP) is 3.99. The van der Waals surface area contributed by atoms with E-state index in [2.05, 4.69) is 26.3 Å². The monoisotopic (exact) mass is 285 g/mol. The summed E-state index contributed by atoms with van der Waals surface area (Å²) in [5.41, 5.74) is 0.965. The van der Waals surface area contributed by atoms with Gasteiger partial charge in [-0.1, -0.05) is 68.8 Å². The summed E-state index contributed by atoms with van der Waals surface area (Å²) in [7, 11) is 0. The Morgan fingerprint density at radius 1 is 1.10 bits per heavy atom. The topological polar surface area (TPSA) is 60.4 Å².